The number of tetrazole rings is 1. The van der Waals surface area contributed by atoms with Gasteiger partial charge in [0.2, 0.25) is 11.3 Å². The van der Waals surface area contributed by atoms with Crippen molar-refractivity contribution in [3.05, 3.63) is 22.3 Å². The molecule has 2 aromatic rings. The Bertz CT molecular complexity index is 1370. The predicted octanol–water partition coefficient (Wildman–Crippen LogP) is -2.43. The van der Waals surface area contributed by atoms with Crippen LogP contribution in [0.15, 0.2) is 27.0 Å². The maximum atomic E-state index is 13.2. The SMILES string of the molecule is Nc1nc(C(=NO[C@H]2CCNC2=O)C(=O)N[C@@H]2C(=O)N3C(C(=O)O)=C(CSc4nnnn4N)CS[C@@H]23)cs1. The van der Waals surface area contributed by atoms with Crippen molar-refractivity contribution in [2.24, 2.45) is 5.16 Å². The molecule has 17 nitrogen and oxygen atoms in total. The van der Waals surface area contributed by atoms with E-state index in [0.29, 0.717) is 18.5 Å². The molecular formula is C18H19N11O6S3. The van der Waals surface area contributed by atoms with Gasteiger partial charge in [0.25, 0.3) is 17.7 Å². The fraction of sp³-hybridized carbons (Fsp3) is 0.389. The minimum absolute atomic E-state index is 0.107. The number of aliphatic carboxylic acids is 1. The highest BCUT2D eigenvalue weighted by molar-refractivity contribution is 8.01. The molecule has 5 rings (SSSR count). The summed E-state index contributed by atoms with van der Waals surface area (Å²) in [5, 5.41) is 30.9. The number of hydrogen-bond donors (Lipinski definition) is 5. The van der Waals surface area contributed by atoms with Crippen molar-refractivity contribution in [1.82, 2.24) is 40.8 Å². The Morgan fingerprint density at radius 1 is 1.39 bits per heavy atom. The molecule has 0 aliphatic carbocycles. The molecule has 0 unspecified atom stereocenters. The normalized spacial score (nSPS) is 23.1. The number of thiazole rings is 1. The van der Waals surface area contributed by atoms with Gasteiger partial charge in [-0.2, -0.15) is 0 Å². The van der Waals surface area contributed by atoms with E-state index < -0.39 is 35.3 Å². The number of nitrogen functional groups attached to an aromatic ring is 2. The molecule has 2 saturated heterocycles. The van der Waals surface area contributed by atoms with Crippen LogP contribution in [0, 0.1) is 0 Å². The topological polar surface area (TPSA) is 246 Å². The molecule has 2 aromatic heterocycles. The molecule has 3 aliphatic rings. The zero-order valence-electron chi connectivity index (χ0n) is 19.1. The minimum Gasteiger partial charge on any atom is -0.477 e. The number of oxime groups is 1. The predicted molar refractivity (Wildman–Crippen MR) is 134 cm³/mol. The van der Waals surface area contributed by atoms with Gasteiger partial charge < -0.3 is 32.2 Å². The summed E-state index contributed by atoms with van der Waals surface area (Å²) in [4.78, 5) is 61.5. The van der Waals surface area contributed by atoms with Gasteiger partial charge in [-0.1, -0.05) is 22.0 Å². The Hall–Kier alpha value is -3.91. The first-order valence-corrected chi connectivity index (χ1v) is 13.8. The van der Waals surface area contributed by atoms with Crippen LogP contribution in [0.3, 0.4) is 0 Å². The highest BCUT2D eigenvalue weighted by Crippen LogP contribution is 2.41. The van der Waals surface area contributed by atoms with Crippen molar-refractivity contribution in [3.63, 3.8) is 0 Å². The van der Waals surface area contributed by atoms with Crippen LogP contribution in [0.25, 0.3) is 0 Å². The van der Waals surface area contributed by atoms with E-state index in [2.05, 4.69) is 36.3 Å². The van der Waals surface area contributed by atoms with E-state index in [0.717, 1.165) is 32.8 Å². The third-order valence-corrected chi connectivity index (χ3v) is 8.66. The Morgan fingerprint density at radius 2 is 2.21 bits per heavy atom. The summed E-state index contributed by atoms with van der Waals surface area (Å²) in [5.74, 6) is 3.04. The molecule has 0 radical (unpaired) electrons. The molecular weight excluding hydrogens is 562 g/mol. The third-order valence-electron chi connectivity index (χ3n) is 5.62. The van der Waals surface area contributed by atoms with Gasteiger partial charge in [-0.3, -0.25) is 19.3 Å². The number of nitrogens with zero attached hydrogens (tertiary/aromatic N) is 7. The van der Waals surface area contributed by atoms with E-state index in [1.807, 2.05) is 0 Å². The second kappa shape index (κ2) is 10.5. The second-order valence-corrected chi connectivity index (χ2v) is 10.9. The van der Waals surface area contributed by atoms with Gasteiger partial charge in [0.05, 0.1) is 0 Å². The number of amides is 3. The van der Waals surface area contributed by atoms with Crippen LogP contribution >= 0.6 is 34.9 Å². The van der Waals surface area contributed by atoms with Crippen molar-refractivity contribution < 1.29 is 29.1 Å². The molecule has 20 heteroatoms. The lowest BCUT2D eigenvalue weighted by atomic mass is 10.0. The fourth-order valence-corrected chi connectivity index (χ4v) is 6.65. The van der Waals surface area contributed by atoms with Gasteiger partial charge in [-0.25, -0.2) is 9.78 Å². The summed E-state index contributed by atoms with van der Waals surface area (Å²) in [6, 6.07) is -1.02. The number of fused-ring (bicyclic) bond motifs is 1. The maximum Gasteiger partial charge on any atom is 0.352 e. The first kappa shape index (κ1) is 25.7. The zero-order chi connectivity index (χ0) is 27.0. The van der Waals surface area contributed by atoms with Gasteiger partial charge in [0.1, 0.15) is 22.8 Å². The number of nitrogens with one attached hydrogen (secondary N) is 2. The Balaban J connectivity index is 1.31. The highest BCUT2D eigenvalue weighted by Gasteiger charge is 2.54. The zero-order valence-corrected chi connectivity index (χ0v) is 21.6. The molecule has 7 N–H and O–H groups in total. The Labute approximate surface area is 225 Å². The number of β-lactam (4-membered cyclic amide) rings is 1. The number of carboxylic acid groups (broad SMARTS) is 1. The van der Waals surface area contributed by atoms with Crippen LogP contribution in [0.2, 0.25) is 0 Å². The number of aromatic nitrogens is 5. The number of nitrogens with two attached hydrogens (primary N) is 2. The number of carboxylic acids is 1. The van der Waals surface area contributed by atoms with E-state index in [1.54, 1.807) is 0 Å². The fourth-order valence-electron chi connectivity index (χ4n) is 3.83. The van der Waals surface area contributed by atoms with Crippen molar-refractivity contribution >= 4 is 69.4 Å². The number of carbonyl (C=O) groups is 4. The molecule has 2 fully saturated rings. The minimum atomic E-state index is -1.28. The van der Waals surface area contributed by atoms with Crippen LogP contribution in [0.5, 0.6) is 0 Å². The smallest absolute Gasteiger partial charge is 0.352 e. The third kappa shape index (κ3) is 4.84. The second-order valence-electron chi connectivity index (χ2n) is 8.00. The summed E-state index contributed by atoms with van der Waals surface area (Å²) in [5.41, 5.74) is 5.85. The maximum absolute atomic E-state index is 13.2. The lowest BCUT2D eigenvalue weighted by Gasteiger charge is -2.49. The lowest BCUT2D eigenvalue weighted by Crippen LogP contribution is -2.71. The summed E-state index contributed by atoms with van der Waals surface area (Å²) in [7, 11) is 0. The van der Waals surface area contributed by atoms with Gasteiger partial charge in [0, 0.05) is 29.9 Å². The van der Waals surface area contributed by atoms with Crippen LogP contribution < -0.4 is 22.2 Å². The van der Waals surface area contributed by atoms with Gasteiger partial charge >= 0.3 is 5.97 Å². The molecule has 3 amide bonds. The van der Waals surface area contributed by atoms with Crippen LogP contribution in [-0.4, -0.2) is 100 Å². The van der Waals surface area contributed by atoms with Gasteiger partial charge in [0.15, 0.2) is 10.8 Å². The molecule has 5 heterocycles. The Kier molecular flexibility index (Phi) is 7.08. The first-order chi connectivity index (χ1) is 18.2. The van der Waals surface area contributed by atoms with E-state index in [9.17, 15) is 24.3 Å². The quantitative estimate of drug-likeness (QED) is 0.0679. The van der Waals surface area contributed by atoms with E-state index in [1.165, 1.54) is 17.1 Å². The van der Waals surface area contributed by atoms with E-state index in [-0.39, 0.29) is 44.8 Å². The molecule has 0 aromatic carbocycles. The van der Waals surface area contributed by atoms with Crippen molar-refractivity contribution in [1.29, 1.82) is 0 Å². The summed E-state index contributed by atoms with van der Waals surface area (Å²) in [6.07, 6.45) is -0.497. The van der Waals surface area contributed by atoms with Gasteiger partial charge in [-0.15, -0.1) is 27.9 Å². The number of hydrogen-bond acceptors (Lipinski definition) is 15. The Morgan fingerprint density at radius 3 is 2.84 bits per heavy atom. The number of anilines is 1. The monoisotopic (exact) mass is 581 g/mol. The standard InChI is InChI=1S/C18H19N11O6S3/c19-17-22-7(5-37-17)9(25-35-8-1-2-21-12(8)30)13(31)23-10-14(32)28-11(16(33)34)6(3-36-15(10)28)4-38-18-24-26-27-29(18)20/h5,8,10,15H,1-4,20H2,(H2,19,22)(H,21,30)(H,23,31)(H,33,34)/t8-,10+,15-/m0/s1. The van der Waals surface area contributed by atoms with Crippen LogP contribution in [-0.2, 0) is 24.0 Å². The molecule has 3 atom stereocenters. The highest BCUT2D eigenvalue weighted by atomic mass is 32.2. The van der Waals surface area contributed by atoms with Crippen molar-refractivity contribution in [2.45, 2.75) is 29.1 Å². The molecule has 38 heavy (non-hydrogen) atoms. The van der Waals surface area contributed by atoms with Crippen LogP contribution in [0.4, 0.5) is 5.13 Å². The number of rotatable bonds is 9. The summed E-state index contributed by atoms with van der Waals surface area (Å²) < 4.78 is 0. The van der Waals surface area contributed by atoms with E-state index >= 15 is 0 Å². The number of carbonyl (C=O) groups excluding carboxylic acids is 3. The summed E-state index contributed by atoms with van der Waals surface area (Å²) >= 11 is 3.49. The summed E-state index contributed by atoms with van der Waals surface area (Å²) in [6.45, 7) is 0.415. The molecule has 0 bridgehead atoms. The largest absolute Gasteiger partial charge is 0.477 e. The van der Waals surface area contributed by atoms with Gasteiger partial charge in [-0.05, 0) is 16.0 Å². The average Bonchev–Trinajstić information content (AvgIpc) is 3.62. The lowest BCUT2D eigenvalue weighted by molar-refractivity contribution is -0.150. The number of thioether (sulfide) groups is 2. The van der Waals surface area contributed by atoms with Crippen molar-refractivity contribution in [3.8, 4) is 0 Å². The molecule has 0 spiro atoms. The van der Waals surface area contributed by atoms with Crippen molar-refractivity contribution in [2.75, 3.05) is 29.6 Å². The molecule has 200 valence electrons. The van der Waals surface area contributed by atoms with Crippen LogP contribution in [0.1, 0.15) is 12.1 Å². The first-order valence-electron chi connectivity index (χ1n) is 10.8. The van der Waals surface area contributed by atoms with E-state index in [4.69, 9.17) is 16.4 Å². The molecule has 3 aliphatic heterocycles. The average molecular weight is 582 g/mol. The molecule has 0 saturated carbocycles.